The van der Waals surface area contributed by atoms with Crippen molar-refractivity contribution in [2.75, 3.05) is 0 Å². The SMILES string of the molecule is Cc1cc(-n2c(C)cc(/C=N\n3c(-c4cccc(F)c4)n[nH]c3=S)c2C)no1. The molecule has 0 saturated carbocycles. The van der Waals surface area contributed by atoms with Crippen molar-refractivity contribution < 1.29 is 8.91 Å². The Hall–Kier alpha value is -3.33. The molecule has 1 N–H and O–H groups in total. The normalized spacial score (nSPS) is 11.6. The third kappa shape index (κ3) is 3.20. The maximum Gasteiger partial charge on any atom is 0.216 e. The van der Waals surface area contributed by atoms with Crippen molar-refractivity contribution >= 4 is 18.4 Å². The number of aromatic amines is 1. The molecule has 7 nitrogen and oxygen atoms in total. The van der Waals surface area contributed by atoms with E-state index in [9.17, 15) is 4.39 Å². The number of nitrogens with zero attached hydrogens (tertiary/aromatic N) is 5. The summed E-state index contributed by atoms with van der Waals surface area (Å²) in [5.41, 5.74) is 3.42. The number of aryl methyl sites for hydroxylation is 2. The zero-order valence-corrected chi connectivity index (χ0v) is 16.3. The van der Waals surface area contributed by atoms with Crippen molar-refractivity contribution in [3.05, 3.63) is 69.7 Å². The Kier molecular flexibility index (Phi) is 4.52. The minimum absolute atomic E-state index is 0.316. The summed E-state index contributed by atoms with van der Waals surface area (Å²) >= 11 is 5.27. The van der Waals surface area contributed by atoms with Gasteiger partial charge in [0.15, 0.2) is 11.6 Å². The Labute approximate surface area is 165 Å². The van der Waals surface area contributed by atoms with E-state index in [4.69, 9.17) is 16.7 Å². The van der Waals surface area contributed by atoms with Gasteiger partial charge < -0.3 is 4.52 Å². The highest BCUT2D eigenvalue weighted by molar-refractivity contribution is 7.71. The van der Waals surface area contributed by atoms with E-state index in [1.807, 2.05) is 37.5 Å². The lowest BCUT2D eigenvalue weighted by atomic mass is 10.2. The minimum Gasteiger partial charge on any atom is -0.360 e. The van der Waals surface area contributed by atoms with Crippen LogP contribution >= 0.6 is 12.2 Å². The number of hydrogen-bond donors (Lipinski definition) is 1. The first kappa shape index (κ1) is 18.1. The molecule has 0 saturated heterocycles. The first-order chi connectivity index (χ1) is 13.4. The summed E-state index contributed by atoms with van der Waals surface area (Å²) in [4.78, 5) is 0. The topological polar surface area (TPSA) is 76.9 Å². The van der Waals surface area contributed by atoms with Crippen molar-refractivity contribution in [3.63, 3.8) is 0 Å². The monoisotopic (exact) mass is 396 g/mol. The number of halogens is 1. The molecule has 3 aromatic heterocycles. The van der Waals surface area contributed by atoms with E-state index in [1.54, 1.807) is 18.3 Å². The van der Waals surface area contributed by atoms with Crippen LogP contribution in [0.3, 0.4) is 0 Å². The van der Waals surface area contributed by atoms with Crippen LogP contribution in [0.2, 0.25) is 0 Å². The van der Waals surface area contributed by atoms with E-state index < -0.39 is 0 Å². The van der Waals surface area contributed by atoms with Gasteiger partial charge in [0.25, 0.3) is 0 Å². The number of nitrogens with one attached hydrogen (secondary N) is 1. The molecule has 0 aliphatic rings. The molecule has 4 aromatic rings. The fourth-order valence-corrected chi connectivity index (χ4v) is 3.24. The maximum absolute atomic E-state index is 13.6. The molecular formula is C19H17FN6OS. The predicted octanol–water partition coefficient (Wildman–Crippen LogP) is 4.33. The third-order valence-electron chi connectivity index (χ3n) is 4.36. The molecule has 9 heteroatoms. The van der Waals surface area contributed by atoms with E-state index in [0.29, 0.717) is 22.0 Å². The molecule has 0 aliphatic carbocycles. The van der Waals surface area contributed by atoms with Crippen LogP contribution < -0.4 is 0 Å². The molecule has 0 spiro atoms. The van der Waals surface area contributed by atoms with Crippen molar-refractivity contribution in [3.8, 4) is 17.2 Å². The van der Waals surface area contributed by atoms with Gasteiger partial charge in [-0.2, -0.15) is 14.9 Å². The van der Waals surface area contributed by atoms with Crippen LogP contribution in [0.15, 0.2) is 46.0 Å². The largest absolute Gasteiger partial charge is 0.360 e. The Bertz CT molecular complexity index is 1250. The van der Waals surface area contributed by atoms with Crippen molar-refractivity contribution in [2.24, 2.45) is 5.10 Å². The van der Waals surface area contributed by atoms with Crippen LogP contribution in [0, 0.1) is 31.4 Å². The molecule has 0 bridgehead atoms. The first-order valence-corrected chi connectivity index (χ1v) is 8.95. The molecule has 0 amide bonds. The predicted molar refractivity (Wildman–Crippen MR) is 106 cm³/mol. The molecule has 0 radical (unpaired) electrons. The van der Waals surface area contributed by atoms with Crippen LogP contribution in [-0.4, -0.2) is 30.8 Å². The van der Waals surface area contributed by atoms with Crippen LogP contribution in [-0.2, 0) is 0 Å². The lowest BCUT2D eigenvalue weighted by Gasteiger charge is -2.04. The van der Waals surface area contributed by atoms with Gasteiger partial charge in [-0.25, -0.2) is 9.49 Å². The number of benzene rings is 1. The molecule has 0 fully saturated rings. The standard InChI is InChI=1S/C19H17FN6OS/c1-11-7-15(13(3)25(11)17-8-12(2)27-24-17)10-21-26-18(22-23-19(26)28)14-5-4-6-16(20)9-14/h4-10H,1-3H3,(H,23,28)/b21-10-. The Balaban J connectivity index is 1.74. The zero-order chi connectivity index (χ0) is 19.8. The second-order valence-corrected chi connectivity index (χ2v) is 6.76. The highest BCUT2D eigenvalue weighted by Gasteiger charge is 2.13. The lowest BCUT2D eigenvalue weighted by Crippen LogP contribution is -2.00. The van der Waals surface area contributed by atoms with Crippen LogP contribution in [0.4, 0.5) is 4.39 Å². The highest BCUT2D eigenvalue weighted by atomic mass is 32.1. The highest BCUT2D eigenvalue weighted by Crippen LogP contribution is 2.21. The fourth-order valence-electron chi connectivity index (χ4n) is 3.06. The second kappa shape index (κ2) is 7.01. The molecule has 0 aliphatic heterocycles. The van der Waals surface area contributed by atoms with Crippen LogP contribution in [0.5, 0.6) is 0 Å². The van der Waals surface area contributed by atoms with E-state index in [2.05, 4.69) is 20.5 Å². The molecule has 3 heterocycles. The third-order valence-corrected chi connectivity index (χ3v) is 4.62. The Morgan fingerprint density at radius 2 is 2.04 bits per heavy atom. The van der Waals surface area contributed by atoms with Gasteiger partial charge in [0.05, 0.1) is 6.21 Å². The fraction of sp³-hybridized carbons (Fsp3) is 0.158. The van der Waals surface area contributed by atoms with E-state index in [-0.39, 0.29) is 5.82 Å². The number of rotatable bonds is 4. The molecule has 0 unspecified atom stereocenters. The van der Waals surface area contributed by atoms with Gasteiger partial charge in [-0.3, -0.25) is 4.57 Å². The quantitative estimate of drug-likeness (QED) is 0.411. The minimum atomic E-state index is -0.353. The molecule has 0 atom stereocenters. The summed E-state index contributed by atoms with van der Waals surface area (Å²) in [7, 11) is 0. The van der Waals surface area contributed by atoms with Gasteiger partial charge in [-0.1, -0.05) is 17.3 Å². The van der Waals surface area contributed by atoms with Crippen LogP contribution in [0.1, 0.15) is 22.7 Å². The van der Waals surface area contributed by atoms with Gasteiger partial charge in [0.1, 0.15) is 11.6 Å². The molecule has 4 rings (SSSR count). The van der Waals surface area contributed by atoms with Gasteiger partial charge >= 0.3 is 0 Å². The summed E-state index contributed by atoms with van der Waals surface area (Å²) in [6.07, 6.45) is 1.69. The summed E-state index contributed by atoms with van der Waals surface area (Å²) in [5.74, 6) is 1.53. The van der Waals surface area contributed by atoms with Gasteiger partial charge in [-0.05, 0) is 51.2 Å². The summed E-state index contributed by atoms with van der Waals surface area (Å²) in [6.45, 7) is 5.80. The van der Waals surface area contributed by atoms with Crippen molar-refractivity contribution in [2.45, 2.75) is 20.8 Å². The zero-order valence-electron chi connectivity index (χ0n) is 15.5. The molecule has 28 heavy (non-hydrogen) atoms. The van der Waals surface area contributed by atoms with Crippen LogP contribution in [0.25, 0.3) is 17.2 Å². The number of hydrogen-bond acceptors (Lipinski definition) is 5. The van der Waals surface area contributed by atoms with Crippen molar-refractivity contribution in [1.29, 1.82) is 0 Å². The lowest BCUT2D eigenvalue weighted by molar-refractivity contribution is 0.394. The average Bonchev–Trinajstić information content (AvgIpc) is 3.31. The molecular weight excluding hydrogens is 379 g/mol. The summed E-state index contributed by atoms with van der Waals surface area (Å²) in [5, 5.41) is 15.4. The van der Waals surface area contributed by atoms with E-state index in [1.165, 1.54) is 16.8 Å². The van der Waals surface area contributed by atoms with E-state index >= 15 is 0 Å². The number of H-pyrrole nitrogens is 1. The number of aromatic nitrogens is 5. The van der Waals surface area contributed by atoms with Gasteiger partial charge in [0.2, 0.25) is 4.77 Å². The Morgan fingerprint density at radius 1 is 1.21 bits per heavy atom. The first-order valence-electron chi connectivity index (χ1n) is 8.54. The average molecular weight is 396 g/mol. The Morgan fingerprint density at radius 3 is 2.75 bits per heavy atom. The molecule has 142 valence electrons. The smallest absolute Gasteiger partial charge is 0.216 e. The van der Waals surface area contributed by atoms with Gasteiger partial charge in [-0.15, -0.1) is 0 Å². The van der Waals surface area contributed by atoms with E-state index in [0.717, 1.165) is 22.7 Å². The summed E-state index contributed by atoms with van der Waals surface area (Å²) in [6, 6.07) is 9.99. The summed E-state index contributed by atoms with van der Waals surface area (Å²) < 4.78 is 22.5. The maximum atomic E-state index is 13.6. The van der Waals surface area contributed by atoms with Crippen molar-refractivity contribution in [1.82, 2.24) is 24.6 Å². The van der Waals surface area contributed by atoms with Gasteiger partial charge in [0, 0.05) is 28.6 Å². The molecule has 1 aromatic carbocycles. The second-order valence-electron chi connectivity index (χ2n) is 6.38.